The van der Waals surface area contributed by atoms with Gasteiger partial charge in [-0.25, -0.2) is 15.1 Å². The SMILES string of the molecule is C=NC(=N/C=C(\C)Cl)N1CCN(C(=O)CCO[C@@H](COC)COc2cn[nH]c(=O)c2C(F)(F)F)CC1. The van der Waals surface area contributed by atoms with Crippen LogP contribution < -0.4 is 10.3 Å². The third kappa shape index (κ3) is 8.91. The number of hydrogen-bond donors (Lipinski definition) is 1. The third-order valence-corrected chi connectivity index (χ3v) is 5.06. The molecule has 1 aliphatic heterocycles. The van der Waals surface area contributed by atoms with Gasteiger partial charge in [-0.3, -0.25) is 9.59 Å². The van der Waals surface area contributed by atoms with Crippen LogP contribution in [0.5, 0.6) is 5.75 Å². The van der Waals surface area contributed by atoms with Crippen molar-refractivity contribution in [2.45, 2.75) is 25.6 Å². The Bertz CT molecular complexity index is 1000. The molecule has 0 aromatic carbocycles. The topological polar surface area (TPSA) is 122 Å². The molecule has 0 saturated carbocycles. The van der Waals surface area contributed by atoms with E-state index in [2.05, 4.69) is 21.8 Å². The van der Waals surface area contributed by atoms with Crippen molar-refractivity contribution in [3.63, 3.8) is 0 Å². The Morgan fingerprint density at radius 1 is 1.31 bits per heavy atom. The lowest BCUT2D eigenvalue weighted by atomic mass is 10.2. The van der Waals surface area contributed by atoms with Crippen molar-refractivity contribution in [1.82, 2.24) is 20.0 Å². The Morgan fingerprint density at radius 2 is 1.97 bits per heavy atom. The average Bonchev–Trinajstić information content (AvgIpc) is 2.82. The van der Waals surface area contributed by atoms with Crippen molar-refractivity contribution in [2.75, 3.05) is 53.1 Å². The summed E-state index contributed by atoms with van der Waals surface area (Å²) in [5, 5.41) is 5.57. The van der Waals surface area contributed by atoms with E-state index < -0.39 is 29.2 Å². The standard InChI is InChI=1S/C21H28ClF3N6O5/c1-14(22)10-27-20(26-2)31-7-5-30(6-8-31)17(32)4-9-35-15(12-34-3)13-36-16-11-28-29-19(33)18(16)21(23,24)25/h10-11,15H,2,4-9,12-13H2,1,3H3,(H,29,33)/b14-10+,27-20?/t15-/m0/s1. The molecule has 1 atom stereocenters. The van der Waals surface area contributed by atoms with E-state index in [1.165, 1.54) is 13.3 Å². The zero-order chi connectivity index (χ0) is 26.7. The van der Waals surface area contributed by atoms with Crippen LogP contribution in [0.15, 0.2) is 32.2 Å². The van der Waals surface area contributed by atoms with Crippen molar-refractivity contribution in [2.24, 2.45) is 9.98 Å². The maximum absolute atomic E-state index is 13.2. The first kappa shape index (κ1) is 29.3. The average molecular weight is 537 g/mol. The molecule has 0 spiro atoms. The van der Waals surface area contributed by atoms with E-state index in [4.69, 9.17) is 25.8 Å². The van der Waals surface area contributed by atoms with Crippen LogP contribution in [-0.2, 0) is 20.4 Å². The van der Waals surface area contributed by atoms with E-state index in [0.717, 1.165) is 6.20 Å². The fraction of sp³-hybridized carbons (Fsp3) is 0.571. The summed E-state index contributed by atoms with van der Waals surface area (Å²) in [7, 11) is 1.39. The van der Waals surface area contributed by atoms with E-state index in [9.17, 15) is 22.8 Å². The van der Waals surface area contributed by atoms with Crippen LogP contribution in [0, 0.1) is 0 Å². The van der Waals surface area contributed by atoms with Crippen LogP contribution in [0.4, 0.5) is 13.2 Å². The predicted molar refractivity (Wildman–Crippen MR) is 126 cm³/mol. The van der Waals surface area contributed by atoms with Gasteiger partial charge in [-0.15, -0.1) is 0 Å². The number of rotatable bonds is 10. The van der Waals surface area contributed by atoms with Gasteiger partial charge >= 0.3 is 6.18 Å². The highest BCUT2D eigenvalue weighted by molar-refractivity contribution is 6.29. The first-order valence-electron chi connectivity index (χ1n) is 10.8. The molecule has 200 valence electrons. The molecule has 1 amide bonds. The molecule has 1 saturated heterocycles. The molecule has 0 bridgehead atoms. The number of amides is 1. The van der Waals surface area contributed by atoms with Crippen molar-refractivity contribution in [3.8, 4) is 5.75 Å². The number of aromatic amines is 1. The molecule has 2 heterocycles. The van der Waals surface area contributed by atoms with Crippen LogP contribution in [0.1, 0.15) is 18.9 Å². The summed E-state index contributed by atoms with van der Waals surface area (Å²) in [6.45, 7) is 6.74. The molecule has 36 heavy (non-hydrogen) atoms. The van der Waals surface area contributed by atoms with Gasteiger partial charge in [0.05, 0.1) is 25.8 Å². The highest BCUT2D eigenvalue weighted by atomic mass is 35.5. The summed E-state index contributed by atoms with van der Waals surface area (Å²) in [5.41, 5.74) is -2.90. The second kappa shape index (κ2) is 13.9. The minimum atomic E-state index is -4.92. The number of ether oxygens (including phenoxy) is 3. The number of carbonyl (C=O) groups is 1. The van der Waals surface area contributed by atoms with Gasteiger partial charge in [-0.2, -0.15) is 18.3 Å². The van der Waals surface area contributed by atoms with Gasteiger partial charge in [-0.1, -0.05) is 11.6 Å². The van der Waals surface area contributed by atoms with Gasteiger partial charge in [0.25, 0.3) is 5.56 Å². The number of nitrogens with one attached hydrogen (secondary N) is 1. The molecule has 1 aromatic heterocycles. The number of allylic oxidation sites excluding steroid dienone is 1. The molecule has 0 radical (unpaired) electrons. The molecular weight excluding hydrogens is 509 g/mol. The van der Waals surface area contributed by atoms with Crippen LogP contribution in [0.3, 0.4) is 0 Å². The van der Waals surface area contributed by atoms with Gasteiger partial charge in [0, 0.05) is 44.5 Å². The van der Waals surface area contributed by atoms with Gasteiger partial charge in [-0.05, 0) is 13.6 Å². The van der Waals surface area contributed by atoms with Crippen molar-refractivity contribution in [3.05, 3.63) is 33.3 Å². The lowest BCUT2D eigenvalue weighted by Gasteiger charge is -2.35. The molecule has 1 aliphatic rings. The molecule has 1 N–H and O–H groups in total. The van der Waals surface area contributed by atoms with Crippen LogP contribution in [0.25, 0.3) is 0 Å². The molecule has 2 rings (SSSR count). The number of aliphatic imine (C=N–C) groups is 2. The van der Waals surface area contributed by atoms with Gasteiger partial charge < -0.3 is 24.0 Å². The summed E-state index contributed by atoms with van der Waals surface area (Å²) in [5.74, 6) is -0.456. The summed E-state index contributed by atoms with van der Waals surface area (Å²) in [6, 6.07) is 0. The van der Waals surface area contributed by atoms with Gasteiger partial charge in [0.15, 0.2) is 11.3 Å². The first-order valence-corrected chi connectivity index (χ1v) is 11.2. The molecule has 0 aliphatic carbocycles. The van der Waals surface area contributed by atoms with Gasteiger partial charge in [0.1, 0.15) is 12.7 Å². The lowest BCUT2D eigenvalue weighted by Crippen LogP contribution is -2.50. The van der Waals surface area contributed by atoms with Crippen LogP contribution in [0.2, 0.25) is 0 Å². The molecule has 11 nitrogen and oxygen atoms in total. The number of nitrogens with zero attached hydrogens (tertiary/aromatic N) is 5. The van der Waals surface area contributed by atoms with E-state index in [0.29, 0.717) is 37.2 Å². The Balaban J connectivity index is 1.85. The monoisotopic (exact) mass is 536 g/mol. The third-order valence-electron chi connectivity index (χ3n) is 4.97. The van der Waals surface area contributed by atoms with Crippen LogP contribution >= 0.6 is 11.6 Å². The maximum atomic E-state index is 13.2. The lowest BCUT2D eigenvalue weighted by molar-refractivity contribution is -0.141. The van der Waals surface area contributed by atoms with Crippen LogP contribution in [-0.4, -0.2) is 97.8 Å². The highest BCUT2D eigenvalue weighted by Gasteiger charge is 2.38. The Kier molecular flexibility index (Phi) is 11.3. The predicted octanol–water partition coefficient (Wildman–Crippen LogP) is 1.89. The largest absolute Gasteiger partial charge is 0.488 e. The number of aromatic nitrogens is 2. The minimum Gasteiger partial charge on any atom is -0.488 e. The number of piperazine rings is 1. The van der Waals surface area contributed by atoms with Gasteiger partial charge in [0.2, 0.25) is 11.9 Å². The van der Waals surface area contributed by atoms with E-state index in [-0.39, 0.29) is 32.1 Å². The Labute approximate surface area is 210 Å². The number of carbonyl (C=O) groups excluding carboxylic acids is 1. The van der Waals surface area contributed by atoms with Crippen molar-refractivity contribution < 1.29 is 32.2 Å². The fourth-order valence-electron chi connectivity index (χ4n) is 3.27. The van der Waals surface area contributed by atoms with E-state index >= 15 is 0 Å². The molecule has 0 unspecified atom stereocenters. The Morgan fingerprint density at radius 3 is 2.56 bits per heavy atom. The molecule has 1 fully saturated rings. The second-order valence-corrected chi connectivity index (χ2v) is 8.21. The van der Waals surface area contributed by atoms with E-state index in [1.807, 2.05) is 4.90 Å². The number of halogens is 4. The zero-order valence-corrected chi connectivity index (χ0v) is 20.6. The number of alkyl halides is 3. The number of H-pyrrole nitrogens is 1. The van der Waals surface area contributed by atoms with E-state index in [1.54, 1.807) is 16.9 Å². The smallest absolute Gasteiger partial charge is 0.425 e. The number of methoxy groups -OCH3 is 1. The summed E-state index contributed by atoms with van der Waals surface area (Å²) < 4.78 is 55.3. The number of guanidine groups is 1. The highest BCUT2D eigenvalue weighted by Crippen LogP contribution is 2.32. The molecule has 15 heteroatoms. The normalized spacial score (nSPS) is 16.2. The summed E-state index contributed by atoms with van der Waals surface area (Å²) in [4.78, 5) is 35.7. The fourth-order valence-corrected chi connectivity index (χ4v) is 3.32. The molecule has 1 aromatic rings. The molecular formula is C21H28ClF3N6O5. The Hall–Kier alpha value is -2.97. The summed E-state index contributed by atoms with van der Waals surface area (Å²) >= 11 is 5.79. The maximum Gasteiger partial charge on any atom is 0.425 e. The number of hydrogen-bond acceptors (Lipinski definition) is 7. The first-order chi connectivity index (χ1) is 17.1. The minimum absolute atomic E-state index is 0.00226. The van der Waals surface area contributed by atoms with Crippen molar-refractivity contribution in [1.29, 1.82) is 0 Å². The zero-order valence-electron chi connectivity index (χ0n) is 19.9. The second-order valence-electron chi connectivity index (χ2n) is 7.62. The van der Waals surface area contributed by atoms with Crippen molar-refractivity contribution >= 4 is 30.2 Å². The quantitative estimate of drug-likeness (QED) is 0.358. The summed E-state index contributed by atoms with van der Waals surface area (Å²) in [6.07, 6.45) is -3.42.